The molecule has 0 saturated heterocycles. The Balaban J connectivity index is 1.59. The summed E-state index contributed by atoms with van der Waals surface area (Å²) >= 11 is 1.69. The third-order valence-corrected chi connectivity index (χ3v) is 4.38. The Kier molecular flexibility index (Phi) is 4.53. The molecule has 0 spiro atoms. The molecule has 0 radical (unpaired) electrons. The summed E-state index contributed by atoms with van der Waals surface area (Å²) in [5.41, 5.74) is 2.17. The molecule has 22 heavy (non-hydrogen) atoms. The van der Waals surface area contributed by atoms with Crippen molar-refractivity contribution in [3.8, 4) is 11.5 Å². The minimum absolute atomic E-state index is 0.605. The maximum atomic E-state index is 5.78. The van der Waals surface area contributed by atoms with Crippen LogP contribution in [0.5, 0.6) is 11.5 Å². The van der Waals surface area contributed by atoms with Crippen molar-refractivity contribution in [3.63, 3.8) is 0 Å². The molecule has 2 aromatic carbocycles. The van der Waals surface area contributed by atoms with E-state index < -0.39 is 0 Å². The van der Waals surface area contributed by atoms with Crippen LogP contribution in [0.15, 0.2) is 53.7 Å². The van der Waals surface area contributed by atoms with E-state index in [2.05, 4.69) is 15.6 Å². The zero-order valence-corrected chi connectivity index (χ0v) is 13.5. The number of hydrogen-bond donors (Lipinski definition) is 0. The van der Waals surface area contributed by atoms with Gasteiger partial charge in [0, 0.05) is 12.8 Å². The normalized spacial score (nSPS) is 10.8. The molecule has 0 N–H and O–H groups in total. The highest BCUT2D eigenvalue weighted by Crippen LogP contribution is 2.27. The van der Waals surface area contributed by atoms with Crippen molar-refractivity contribution in [2.45, 2.75) is 5.16 Å². The number of aryl methyl sites for hydroxylation is 1. The summed E-state index contributed by atoms with van der Waals surface area (Å²) in [6, 6.07) is 15.8. The third-order valence-electron chi connectivity index (χ3n) is 3.39. The number of aromatic nitrogens is 2. The predicted molar refractivity (Wildman–Crippen MR) is 89.9 cm³/mol. The fourth-order valence-electron chi connectivity index (χ4n) is 2.28. The van der Waals surface area contributed by atoms with Crippen LogP contribution in [0.25, 0.3) is 11.0 Å². The first kappa shape index (κ1) is 14.8. The number of ether oxygens (including phenoxy) is 2. The van der Waals surface area contributed by atoms with Gasteiger partial charge in [-0.2, -0.15) is 0 Å². The Labute approximate surface area is 134 Å². The summed E-state index contributed by atoms with van der Waals surface area (Å²) in [6.07, 6.45) is 0. The molecule has 3 aromatic rings. The summed E-state index contributed by atoms with van der Waals surface area (Å²) in [6.45, 7) is 0.605. The Bertz CT molecular complexity index is 770. The van der Waals surface area contributed by atoms with E-state index in [0.29, 0.717) is 6.61 Å². The maximum Gasteiger partial charge on any atom is 0.168 e. The molecule has 0 unspecified atom stereocenters. The average molecular weight is 314 g/mol. The summed E-state index contributed by atoms with van der Waals surface area (Å²) in [5, 5.41) is 1.00. The van der Waals surface area contributed by atoms with E-state index in [9.17, 15) is 0 Å². The van der Waals surface area contributed by atoms with Gasteiger partial charge in [0.25, 0.3) is 0 Å². The van der Waals surface area contributed by atoms with Crippen LogP contribution in [0.4, 0.5) is 0 Å². The molecule has 1 aromatic heterocycles. The molecule has 114 valence electrons. The Morgan fingerprint density at radius 1 is 1.05 bits per heavy atom. The third kappa shape index (κ3) is 3.04. The molecule has 0 atom stereocenters. The Morgan fingerprint density at radius 2 is 1.77 bits per heavy atom. The van der Waals surface area contributed by atoms with E-state index in [1.807, 2.05) is 49.5 Å². The number of nitrogens with zero attached hydrogens (tertiary/aromatic N) is 2. The van der Waals surface area contributed by atoms with Crippen molar-refractivity contribution in [2.75, 3.05) is 19.5 Å². The number of rotatable bonds is 6. The number of hydrogen-bond acceptors (Lipinski definition) is 4. The first-order chi connectivity index (χ1) is 10.8. The highest BCUT2D eigenvalue weighted by Gasteiger charge is 2.08. The summed E-state index contributed by atoms with van der Waals surface area (Å²) in [7, 11) is 3.69. The molecular weight excluding hydrogens is 296 g/mol. The van der Waals surface area contributed by atoms with Gasteiger partial charge in [-0.3, -0.25) is 0 Å². The van der Waals surface area contributed by atoms with Gasteiger partial charge in [0.2, 0.25) is 0 Å². The Morgan fingerprint density at radius 3 is 2.55 bits per heavy atom. The van der Waals surface area contributed by atoms with Gasteiger partial charge in [-0.05, 0) is 24.3 Å². The topological polar surface area (TPSA) is 36.3 Å². The summed E-state index contributed by atoms with van der Waals surface area (Å²) in [4.78, 5) is 4.64. The number of para-hydroxylation sites is 4. The van der Waals surface area contributed by atoms with Crippen molar-refractivity contribution >= 4 is 22.8 Å². The predicted octanol–water partition coefficient (Wildman–Crippen LogP) is 3.75. The molecule has 0 bridgehead atoms. The maximum absolute atomic E-state index is 5.78. The smallest absolute Gasteiger partial charge is 0.168 e. The van der Waals surface area contributed by atoms with Crippen molar-refractivity contribution < 1.29 is 9.47 Å². The molecule has 1 heterocycles. The summed E-state index contributed by atoms with van der Waals surface area (Å²) in [5.74, 6) is 2.36. The van der Waals surface area contributed by atoms with Crippen molar-refractivity contribution in [3.05, 3.63) is 48.5 Å². The average Bonchev–Trinajstić information content (AvgIpc) is 2.88. The van der Waals surface area contributed by atoms with Crippen LogP contribution in [0.1, 0.15) is 0 Å². The van der Waals surface area contributed by atoms with Crippen molar-refractivity contribution in [1.82, 2.24) is 9.55 Å². The minimum atomic E-state index is 0.605. The van der Waals surface area contributed by atoms with Gasteiger partial charge < -0.3 is 14.0 Å². The molecule has 0 aliphatic heterocycles. The zero-order chi connectivity index (χ0) is 15.4. The van der Waals surface area contributed by atoms with E-state index in [0.717, 1.165) is 33.4 Å². The van der Waals surface area contributed by atoms with Crippen molar-refractivity contribution in [2.24, 2.45) is 7.05 Å². The van der Waals surface area contributed by atoms with Crippen LogP contribution in [0.2, 0.25) is 0 Å². The van der Waals surface area contributed by atoms with Gasteiger partial charge in [-0.1, -0.05) is 36.0 Å². The number of fused-ring (bicyclic) bond motifs is 1. The minimum Gasteiger partial charge on any atom is -0.493 e. The van der Waals surface area contributed by atoms with E-state index in [1.54, 1.807) is 18.9 Å². The molecule has 0 aliphatic rings. The molecule has 4 nitrogen and oxygen atoms in total. The summed E-state index contributed by atoms with van der Waals surface area (Å²) < 4.78 is 13.2. The lowest BCUT2D eigenvalue weighted by Crippen LogP contribution is -2.02. The molecule has 3 rings (SSSR count). The fourth-order valence-corrected chi connectivity index (χ4v) is 3.08. The quantitative estimate of drug-likeness (QED) is 0.513. The second-order valence-corrected chi connectivity index (χ2v) is 5.85. The molecule has 0 saturated carbocycles. The van der Waals surface area contributed by atoms with Crippen LogP contribution < -0.4 is 9.47 Å². The van der Waals surface area contributed by atoms with Crippen LogP contribution in [-0.4, -0.2) is 29.0 Å². The fraction of sp³-hybridized carbons (Fsp3) is 0.235. The largest absolute Gasteiger partial charge is 0.493 e. The SMILES string of the molecule is COc1ccccc1OCCSc1nc2ccccc2n1C. The van der Waals surface area contributed by atoms with Gasteiger partial charge in [-0.25, -0.2) is 4.98 Å². The number of benzene rings is 2. The Hall–Kier alpha value is -2.14. The van der Waals surface area contributed by atoms with E-state index >= 15 is 0 Å². The van der Waals surface area contributed by atoms with E-state index in [-0.39, 0.29) is 0 Å². The molecule has 0 aliphatic carbocycles. The van der Waals surface area contributed by atoms with Gasteiger partial charge >= 0.3 is 0 Å². The molecule has 0 fully saturated rings. The number of thioether (sulfide) groups is 1. The first-order valence-electron chi connectivity index (χ1n) is 7.09. The van der Waals surface area contributed by atoms with Gasteiger partial charge in [0.05, 0.1) is 24.8 Å². The lowest BCUT2D eigenvalue weighted by atomic mass is 10.3. The second kappa shape index (κ2) is 6.75. The molecule has 0 amide bonds. The van der Waals surface area contributed by atoms with Gasteiger partial charge in [-0.15, -0.1) is 0 Å². The van der Waals surface area contributed by atoms with Gasteiger partial charge in [0.15, 0.2) is 16.7 Å². The highest BCUT2D eigenvalue weighted by atomic mass is 32.2. The van der Waals surface area contributed by atoms with E-state index in [1.165, 1.54) is 0 Å². The highest BCUT2D eigenvalue weighted by molar-refractivity contribution is 7.99. The van der Waals surface area contributed by atoms with E-state index in [4.69, 9.17) is 9.47 Å². The second-order valence-electron chi connectivity index (χ2n) is 4.79. The standard InChI is InChI=1S/C17H18N2O2S/c1-19-14-8-4-3-7-13(14)18-17(19)22-12-11-21-16-10-6-5-9-15(16)20-2/h3-10H,11-12H2,1-2H3. The van der Waals surface area contributed by atoms with Gasteiger partial charge in [0.1, 0.15) is 0 Å². The first-order valence-corrected chi connectivity index (χ1v) is 8.08. The lowest BCUT2D eigenvalue weighted by Gasteiger charge is -2.09. The number of imidazole rings is 1. The van der Waals surface area contributed by atoms with Crippen molar-refractivity contribution in [1.29, 1.82) is 0 Å². The van der Waals surface area contributed by atoms with Crippen LogP contribution in [0.3, 0.4) is 0 Å². The molecule has 5 heteroatoms. The van der Waals surface area contributed by atoms with Crippen LogP contribution >= 0.6 is 11.8 Å². The number of methoxy groups -OCH3 is 1. The monoisotopic (exact) mass is 314 g/mol. The lowest BCUT2D eigenvalue weighted by molar-refractivity contribution is 0.313. The van der Waals surface area contributed by atoms with Crippen LogP contribution in [0, 0.1) is 0 Å². The zero-order valence-electron chi connectivity index (χ0n) is 12.7. The van der Waals surface area contributed by atoms with Crippen LogP contribution in [-0.2, 0) is 7.05 Å². The molecular formula is C17H18N2O2S.